The van der Waals surface area contributed by atoms with Gasteiger partial charge in [-0.3, -0.25) is 14.3 Å². The van der Waals surface area contributed by atoms with Gasteiger partial charge in [-0.1, -0.05) is 30.3 Å². The second-order valence-corrected chi connectivity index (χ2v) is 6.79. The molecule has 0 saturated carbocycles. The molecule has 0 unspecified atom stereocenters. The number of aryl methyl sites for hydroxylation is 1. The van der Waals surface area contributed by atoms with E-state index in [1.807, 2.05) is 0 Å². The van der Waals surface area contributed by atoms with Crippen LogP contribution < -0.4 is 16.0 Å². The van der Waals surface area contributed by atoms with Crippen molar-refractivity contribution >= 4 is 21.7 Å². The fraction of sp³-hybridized carbons (Fsp3) is 0.214. The Morgan fingerprint density at radius 1 is 1.21 bits per heavy atom. The highest BCUT2D eigenvalue weighted by molar-refractivity contribution is 7.91. The molecule has 9 nitrogen and oxygen atoms in total. The second-order valence-electron chi connectivity index (χ2n) is 5.07. The zero-order chi connectivity index (χ0) is 17.9. The maximum Gasteiger partial charge on any atom is 0.331 e. The minimum atomic E-state index is -3.91. The molecule has 0 spiro atoms. The molecular weight excluding hydrogens is 338 g/mol. The van der Waals surface area contributed by atoms with Crippen LogP contribution in [0.25, 0.3) is 0 Å². The SMILES string of the molecule is Cn1cc(NS(=O)(=O)Cc2ccccc2)c(=O)n(CC(=O)O)c1=O. The minimum Gasteiger partial charge on any atom is -0.480 e. The molecule has 1 aromatic carbocycles. The molecule has 2 aromatic rings. The molecule has 2 N–H and O–H groups in total. The van der Waals surface area contributed by atoms with E-state index in [4.69, 9.17) is 5.11 Å². The maximum atomic E-state index is 12.2. The highest BCUT2D eigenvalue weighted by Gasteiger charge is 2.18. The quantitative estimate of drug-likeness (QED) is 0.726. The van der Waals surface area contributed by atoms with Crippen LogP contribution in [0.1, 0.15) is 5.56 Å². The summed E-state index contributed by atoms with van der Waals surface area (Å²) in [6, 6.07) is 8.32. The highest BCUT2D eigenvalue weighted by atomic mass is 32.2. The maximum absolute atomic E-state index is 12.2. The smallest absolute Gasteiger partial charge is 0.331 e. The summed E-state index contributed by atoms with van der Waals surface area (Å²) < 4.78 is 27.9. The van der Waals surface area contributed by atoms with Gasteiger partial charge in [-0.15, -0.1) is 0 Å². The van der Waals surface area contributed by atoms with Crippen LogP contribution >= 0.6 is 0 Å². The van der Waals surface area contributed by atoms with E-state index in [0.717, 1.165) is 10.8 Å². The Bertz CT molecular complexity index is 976. The van der Waals surface area contributed by atoms with Gasteiger partial charge < -0.3 is 9.67 Å². The summed E-state index contributed by atoms with van der Waals surface area (Å²) in [6.07, 6.45) is 1.02. The van der Waals surface area contributed by atoms with Crippen molar-refractivity contribution in [3.63, 3.8) is 0 Å². The van der Waals surface area contributed by atoms with Crippen molar-refractivity contribution in [2.75, 3.05) is 4.72 Å². The van der Waals surface area contributed by atoms with Crippen molar-refractivity contribution in [2.45, 2.75) is 12.3 Å². The average molecular weight is 353 g/mol. The number of hydrogen-bond acceptors (Lipinski definition) is 5. The Labute approximate surface area is 136 Å². The molecule has 0 atom stereocenters. The van der Waals surface area contributed by atoms with Crippen LogP contribution in [0.3, 0.4) is 0 Å². The van der Waals surface area contributed by atoms with Gasteiger partial charge in [-0.25, -0.2) is 17.8 Å². The van der Waals surface area contributed by atoms with Gasteiger partial charge in [0.1, 0.15) is 12.2 Å². The molecular formula is C14H15N3O6S. The van der Waals surface area contributed by atoms with E-state index in [1.165, 1.54) is 7.05 Å². The molecule has 0 bridgehead atoms. The number of hydrogen-bond donors (Lipinski definition) is 2. The van der Waals surface area contributed by atoms with Gasteiger partial charge in [0.15, 0.2) is 0 Å². The summed E-state index contributed by atoms with van der Waals surface area (Å²) >= 11 is 0. The molecule has 0 aliphatic carbocycles. The molecule has 24 heavy (non-hydrogen) atoms. The van der Waals surface area contributed by atoms with Crippen molar-refractivity contribution in [3.05, 3.63) is 62.9 Å². The zero-order valence-electron chi connectivity index (χ0n) is 12.7. The summed E-state index contributed by atoms with van der Waals surface area (Å²) in [5, 5.41) is 8.78. The molecule has 0 fully saturated rings. The average Bonchev–Trinajstić information content (AvgIpc) is 2.49. The molecule has 1 aromatic heterocycles. The summed E-state index contributed by atoms with van der Waals surface area (Å²) in [6.45, 7) is -0.861. The number of aromatic nitrogens is 2. The van der Waals surface area contributed by atoms with Gasteiger partial charge in [-0.05, 0) is 5.56 Å². The van der Waals surface area contributed by atoms with Crippen LogP contribution in [0.15, 0.2) is 46.1 Å². The first kappa shape index (κ1) is 17.5. The molecule has 0 aliphatic rings. The second kappa shape index (κ2) is 6.71. The van der Waals surface area contributed by atoms with E-state index in [1.54, 1.807) is 30.3 Å². The van der Waals surface area contributed by atoms with Crippen molar-refractivity contribution in [3.8, 4) is 0 Å². The van der Waals surface area contributed by atoms with Crippen LogP contribution in [0.4, 0.5) is 5.69 Å². The molecule has 0 saturated heterocycles. The molecule has 0 aliphatic heterocycles. The van der Waals surface area contributed by atoms with Crippen molar-refractivity contribution in [1.29, 1.82) is 0 Å². The monoisotopic (exact) mass is 353 g/mol. The van der Waals surface area contributed by atoms with E-state index in [2.05, 4.69) is 4.72 Å². The molecule has 1 heterocycles. The van der Waals surface area contributed by atoms with Crippen molar-refractivity contribution < 1.29 is 18.3 Å². The normalized spacial score (nSPS) is 11.2. The Balaban J connectivity index is 2.39. The van der Waals surface area contributed by atoms with Crippen molar-refractivity contribution in [2.24, 2.45) is 7.05 Å². The third-order valence-electron chi connectivity index (χ3n) is 3.09. The first-order chi connectivity index (χ1) is 11.2. The fourth-order valence-electron chi connectivity index (χ4n) is 2.07. The number of rotatable bonds is 6. The lowest BCUT2D eigenvalue weighted by Crippen LogP contribution is -2.42. The lowest BCUT2D eigenvalue weighted by Gasteiger charge is -2.11. The van der Waals surface area contributed by atoms with Gasteiger partial charge in [0.05, 0.1) is 5.75 Å². The predicted octanol–water partition coefficient (Wildman–Crippen LogP) is -0.427. The zero-order valence-corrected chi connectivity index (χ0v) is 13.5. The molecule has 10 heteroatoms. The number of nitrogens with zero attached hydrogens (tertiary/aromatic N) is 2. The van der Waals surface area contributed by atoms with E-state index in [-0.39, 0.29) is 5.75 Å². The molecule has 0 amide bonds. The van der Waals surface area contributed by atoms with E-state index >= 15 is 0 Å². The number of sulfonamides is 1. The standard InChI is InChI=1S/C14H15N3O6S/c1-16-7-11(13(20)17(14(16)21)8-12(18)19)15-24(22,23)9-10-5-3-2-4-6-10/h2-7,15H,8-9H2,1H3,(H,18,19). The van der Waals surface area contributed by atoms with Crippen LogP contribution in [-0.2, 0) is 34.2 Å². The number of aliphatic carboxylic acids is 1. The van der Waals surface area contributed by atoms with Crippen LogP contribution in [-0.4, -0.2) is 28.6 Å². The predicted molar refractivity (Wildman–Crippen MR) is 86.3 cm³/mol. The number of carboxylic acid groups (broad SMARTS) is 1. The summed E-state index contributed by atoms with van der Waals surface area (Å²) in [5.74, 6) is -1.76. The van der Waals surface area contributed by atoms with E-state index < -0.39 is 39.5 Å². The van der Waals surface area contributed by atoms with Crippen molar-refractivity contribution in [1.82, 2.24) is 9.13 Å². The van der Waals surface area contributed by atoms with E-state index in [9.17, 15) is 22.8 Å². The van der Waals surface area contributed by atoms with Gasteiger partial charge in [0.25, 0.3) is 5.56 Å². The number of carbonyl (C=O) groups is 1. The Morgan fingerprint density at radius 2 is 1.83 bits per heavy atom. The fourth-order valence-corrected chi connectivity index (χ4v) is 3.25. The third-order valence-corrected chi connectivity index (χ3v) is 4.33. The highest BCUT2D eigenvalue weighted by Crippen LogP contribution is 2.08. The summed E-state index contributed by atoms with van der Waals surface area (Å²) in [4.78, 5) is 34.8. The Hall–Kier alpha value is -2.88. The molecule has 128 valence electrons. The third kappa shape index (κ3) is 4.10. The van der Waals surface area contributed by atoms with Gasteiger partial charge in [-0.2, -0.15) is 0 Å². The Kier molecular flexibility index (Phi) is 4.88. The lowest BCUT2D eigenvalue weighted by atomic mass is 10.2. The molecule has 2 rings (SSSR count). The van der Waals surface area contributed by atoms with Crippen LogP contribution in [0.5, 0.6) is 0 Å². The Morgan fingerprint density at radius 3 is 2.42 bits per heavy atom. The summed E-state index contributed by atoms with van der Waals surface area (Å²) in [7, 11) is -2.62. The van der Waals surface area contributed by atoms with Gasteiger partial charge in [0.2, 0.25) is 10.0 Å². The van der Waals surface area contributed by atoms with E-state index in [0.29, 0.717) is 10.1 Å². The van der Waals surface area contributed by atoms with Gasteiger partial charge in [0, 0.05) is 13.2 Å². The largest absolute Gasteiger partial charge is 0.480 e. The molecule has 0 radical (unpaired) electrons. The van der Waals surface area contributed by atoms with Crippen LogP contribution in [0, 0.1) is 0 Å². The van der Waals surface area contributed by atoms with Gasteiger partial charge >= 0.3 is 11.7 Å². The topological polar surface area (TPSA) is 127 Å². The number of nitrogens with one attached hydrogen (secondary N) is 1. The lowest BCUT2D eigenvalue weighted by molar-refractivity contribution is -0.137. The first-order valence-electron chi connectivity index (χ1n) is 6.76. The number of benzene rings is 1. The number of anilines is 1. The minimum absolute atomic E-state index is 0.366. The number of carboxylic acids is 1. The summed E-state index contributed by atoms with van der Waals surface area (Å²) in [5.41, 5.74) is -1.75. The van der Waals surface area contributed by atoms with Crippen LogP contribution in [0.2, 0.25) is 0 Å². The first-order valence-corrected chi connectivity index (χ1v) is 8.41.